The van der Waals surface area contributed by atoms with E-state index in [9.17, 15) is 4.79 Å². The highest BCUT2D eigenvalue weighted by atomic mass is 16.2. The topological polar surface area (TPSA) is 49.6 Å². The first-order valence-electron chi connectivity index (χ1n) is 7.48. The quantitative estimate of drug-likeness (QED) is 0.777. The Morgan fingerprint density at radius 1 is 1.06 bits per heavy atom. The molecular weight excluding hydrogens is 226 g/mol. The highest BCUT2D eigenvalue weighted by Gasteiger charge is 2.28. The zero-order valence-corrected chi connectivity index (χ0v) is 11.6. The molecule has 2 fully saturated rings. The van der Waals surface area contributed by atoms with Crippen LogP contribution in [0, 0.1) is 5.92 Å². The Kier molecular flexibility index (Phi) is 4.87. The van der Waals surface area contributed by atoms with E-state index in [1.807, 2.05) is 4.90 Å². The molecule has 0 aromatic carbocycles. The van der Waals surface area contributed by atoms with Crippen LogP contribution in [0.3, 0.4) is 0 Å². The number of carbonyl (C=O) groups excluding carboxylic acids is 1. The Hall–Kier alpha value is -0.770. The molecule has 4 heteroatoms. The van der Waals surface area contributed by atoms with E-state index >= 15 is 0 Å². The standard InChI is InChI=1S/C14H27N3O/c1-12(15)13-7-6-10-17(11-13)14(18)16-8-4-2-3-5-9-16/h12-13H,2-11,15H2,1H3. The molecule has 0 bridgehead atoms. The first kappa shape index (κ1) is 13.7. The van der Waals surface area contributed by atoms with Gasteiger partial charge < -0.3 is 15.5 Å². The zero-order valence-electron chi connectivity index (χ0n) is 11.6. The van der Waals surface area contributed by atoms with Gasteiger partial charge in [-0.3, -0.25) is 0 Å². The highest BCUT2D eigenvalue weighted by molar-refractivity contribution is 5.74. The monoisotopic (exact) mass is 253 g/mol. The molecule has 4 nitrogen and oxygen atoms in total. The molecule has 18 heavy (non-hydrogen) atoms. The third kappa shape index (κ3) is 3.37. The van der Waals surface area contributed by atoms with E-state index in [0.717, 1.165) is 45.4 Å². The summed E-state index contributed by atoms with van der Waals surface area (Å²) in [6.45, 7) is 5.71. The fourth-order valence-electron chi connectivity index (χ4n) is 3.07. The second-order valence-corrected chi connectivity index (χ2v) is 5.89. The van der Waals surface area contributed by atoms with Gasteiger partial charge >= 0.3 is 6.03 Å². The lowest BCUT2D eigenvalue weighted by molar-refractivity contribution is 0.125. The summed E-state index contributed by atoms with van der Waals surface area (Å²) < 4.78 is 0. The van der Waals surface area contributed by atoms with Gasteiger partial charge in [-0.2, -0.15) is 0 Å². The number of rotatable bonds is 1. The molecule has 2 atom stereocenters. The van der Waals surface area contributed by atoms with Crippen molar-refractivity contribution in [2.75, 3.05) is 26.2 Å². The van der Waals surface area contributed by atoms with Crippen molar-refractivity contribution in [3.8, 4) is 0 Å². The van der Waals surface area contributed by atoms with Crippen LogP contribution in [0.4, 0.5) is 4.79 Å². The van der Waals surface area contributed by atoms with E-state index in [2.05, 4.69) is 11.8 Å². The molecule has 2 heterocycles. The Balaban J connectivity index is 1.90. The minimum atomic E-state index is 0.199. The average molecular weight is 253 g/mol. The van der Waals surface area contributed by atoms with Crippen LogP contribution in [0.25, 0.3) is 0 Å². The molecule has 0 aromatic rings. The Morgan fingerprint density at radius 2 is 1.67 bits per heavy atom. The number of nitrogens with zero attached hydrogens (tertiary/aromatic N) is 2. The molecule has 104 valence electrons. The first-order chi connectivity index (χ1) is 8.68. The normalized spacial score (nSPS) is 27.8. The van der Waals surface area contributed by atoms with Crippen molar-refractivity contribution in [3.63, 3.8) is 0 Å². The predicted octanol–water partition coefficient (Wildman–Crippen LogP) is 2.04. The maximum absolute atomic E-state index is 12.5. The van der Waals surface area contributed by atoms with Crippen LogP contribution in [-0.4, -0.2) is 48.1 Å². The van der Waals surface area contributed by atoms with E-state index in [1.54, 1.807) is 0 Å². The number of urea groups is 1. The summed E-state index contributed by atoms with van der Waals surface area (Å²) in [5.74, 6) is 0.481. The molecule has 0 aromatic heterocycles. The lowest BCUT2D eigenvalue weighted by Crippen LogP contribution is -2.50. The van der Waals surface area contributed by atoms with E-state index in [1.165, 1.54) is 19.3 Å². The van der Waals surface area contributed by atoms with Crippen LogP contribution in [0.15, 0.2) is 0 Å². The van der Waals surface area contributed by atoms with Crippen LogP contribution in [0.2, 0.25) is 0 Å². The van der Waals surface area contributed by atoms with Gasteiger partial charge in [0, 0.05) is 32.2 Å². The largest absolute Gasteiger partial charge is 0.328 e. The fraction of sp³-hybridized carbons (Fsp3) is 0.929. The van der Waals surface area contributed by atoms with Crippen LogP contribution >= 0.6 is 0 Å². The number of nitrogens with two attached hydrogens (primary N) is 1. The summed E-state index contributed by atoms with van der Waals surface area (Å²) in [5, 5.41) is 0. The van der Waals surface area contributed by atoms with Crippen molar-refractivity contribution in [3.05, 3.63) is 0 Å². The summed E-state index contributed by atoms with van der Waals surface area (Å²) in [5.41, 5.74) is 5.98. The highest BCUT2D eigenvalue weighted by Crippen LogP contribution is 2.21. The minimum Gasteiger partial charge on any atom is -0.328 e. The minimum absolute atomic E-state index is 0.199. The summed E-state index contributed by atoms with van der Waals surface area (Å²) >= 11 is 0. The van der Waals surface area contributed by atoms with Crippen molar-refractivity contribution in [1.82, 2.24) is 9.80 Å². The van der Waals surface area contributed by atoms with Crippen molar-refractivity contribution in [1.29, 1.82) is 0 Å². The lowest BCUT2D eigenvalue weighted by atomic mass is 9.92. The Bertz CT molecular complexity index is 272. The van der Waals surface area contributed by atoms with Crippen molar-refractivity contribution in [2.24, 2.45) is 11.7 Å². The summed E-state index contributed by atoms with van der Waals surface area (Å²) in [6.07, 6.45) is 7.14. The van der Waals surface area contributed by atoms with Crippen LogP contribution in [0.1, 0.15) is 45.4 Å². The van der Waals surface area contributed by atoms with Gasteiger partial charge in [-0.1, -0.05) is 12.8 Å². The van der Waals surface area contributed by atoms with Gasteiger partial charge in [-0.15, -0.1) is 0 Å². The smallest absolute Gasteiger partial charge is 0.320 e. The second-order valence-electron chi connectivity index (χ2n) is 5.89. The summed E-state index contributed by atoms with van der Waals surface area (Å²) in [4.78, 5) is 16.6. The number of amides is 2. The lowest BCUT2D eigenvalue weighted by Gasteiger charge is -2.37. The van der Waals surface area contributed by atoms with Gasteiger partial charge in [-0.05, 0) is 38.5 Å². The average Bonchev–Trinajstić information content (AvgIpc) is 2.67. The molecule has 2 N–H and O–H groups in total. The van der Waals surface area contributed by atoms with Gasteiger partial charge in [0.25, 0.3) is 0 Å². The number of carbonyl (C=O) groups is 1. The predicted molar refractivity (Wildman–Crippen MR) is 73.4 cm³/mol. The number of hydrogen-bond acceptors (Lipinski definition) is 2. The molecule has 2 amide bonds. The van der Waals surface area contributed by atoms with Gasteiger partial charge in [0.15, 0.2) is 0 Å². The van der Waals surface area contributed by atoms with Crippen molar-refractivity contribution < 1.29 is 4.79 Å². The van der Waals surface area contributed by atoms with E-state index < -0.39 is 0 Å². The Labute approximate surface area is 110 Å². The maximum atomic E-state index is 12.5. The summed E-state index contributed by atoms with van der Waals surface area (Å²) in [6, 6.07) is 0.451. The van der Waals surface area contributed by atoms with Crippen LogP contribution < -0.4 is 5.73 Å². The molecule has 0 radical (unpaired) electrons. The molecule has 2 aliphatic heterocycles. The fourth-order valence-corrected chi connectivity index (χ4v) is 3.07. The van der Waals surface area contributed by atoms with E-state index in [-0.39, 0.29) is 12.1 Å². The molecule has 0 spiro atoms. The van der Waals surface area contributed by atoms with Gasteiger partial charge in [-0.25, -0.2) is 4.79 Å². The number of hydrogen-bond donors (Lipinski definition) is 1. The zero-order chi connectivity index (χ0) is 13.0. The molecule has 2 rings (SSSR count). The first-order valence-corrected chi connectivity index (χ1v) is 7.48. The van der Waals surface area contributed by atoms with Crippen molar-refractivity contribution >= 4 is 6.03 Å². The number of likely N-dealkylation sites (tertiary alicyclic amines) is 2. The molecule has 2 aliphatic rings. The summed E-state index contributed by atoms with van der Waals surface area (Å²) in [7, 11) is 0. The van der Waals surface area contributed by atoms with Gasteiger partial charge in [0.2, 0.25) is 0 Å². The molecule has 0 aliphatic carbocycles. The third-order valence-electron chi connectivity index (χ3n) is 4.35. The van der Waals surface area contributed by atoms with E-state index in [4.69, 9.17) is 5.73 Å². The molecule has 2 unspecified atom stereocenters. The SMILES string of the molecule is CC(N)C1CCCN(C(=O)N2CCCCCC2)C1. The third-order valence-corrected chi connectivity index (χ3v) is 4.35. The van der Waals surface area contributed by atoms with Crippen LogP contribution in [0.5, 0.6) is 0 Å². The van der Waals surface area contributed by atoms with Gasteiger partial charge in [0.1, 0.15) is 0 Å². The van der Waals surface area contributed by atoms with Crippen LogP contribution in [-0.2, 0) is 0 Å². The molecule has 2 saturated heterocycles. The molecule has 0 saturated carbocycles. The van der Waals surface area contributed by atoms with Gasteiger partial charge in [0.05, 0.1) is 0 Å². The second kappa shape index (κ2) is 6.41. The molecular formula is C14H27N3O. The van der Waals surface area contributed by atoms with E-state index in [0.29, 0.717) is 5.92 Å². The maximum Gasteiger partial charge on any atom is 0.320 e. The Morgan fingerprint density at radius 3 is 2.28 bits per heavy atom. The van der Waals surface area contributed by atoms with Crippen molar-refractivity contribution in [2.45, 2.75) is 51.5 Å². The number of piperidine rings is 1.